The van der Waals surface area contributed by atoms with E-state index in [0.29, 0.717) is 68.0 Å². The highest BCUT2D eigenvalue weighted by atomic mass is 16.5. The molecule has 0 spiro atoms. The largest absolute Gasteiger partial charge is 0.374 e. The Kier molecular flexibility index (Phi) is 13.2. The average Bonchev–Trinajstić information content (AvgIpc) is 3.60. The lowest BCUT2D eigenvalue weighted by Gasteiger charge is -2.64. The Morgan fingerprint density at radius 2 is 1.27 bits per heavy atom. The second kappa shape index (κ2) is 18.1. The van der Waals surface area contributed by atoms with E-state index in [1.54, 1.807) is 0 Å². The van der Waals surface area contributed by atoms with Crippen LogP contribution in [0, 0.1) is 46.3 Å². The average molecular weight is 757 g/mol. The van der Waals surface area contributed by atoms with Gasteiger partial charge in [0.1, 0.15) is 5.60 Å². The monoisotopic (exact) mass is 757 g/mol. The van der Waals surface area contributed by atoms with Crippen molar-refractivity contribution in [3.05, 3.63) is 146 Å². The molecule has 0 bridgehead atoms. The van der Waals surface area contributed by atoms with Gasteiger partial charge in [-0.1, -0.05) is 130 Å². The highest BCUT2D eigenvalue weighted by Crippen LogP contribution is 2.69. The van der Waals surface area contributed by atoms with Gasteiger partial charge in [0.15, 0.2) is 0 Å². The molecular weight excluding hydrogens is 689 g/mol. The van der Waals surface area contributed by atoms with E-state index < -0.39 is 5.60 Å². The van der Waals surface area contributed by atoms with Crippen molar-refractivity contribution in [2.75, 3.05) is 26.4 Å². The maximum Gasteiger partial charge on any atom is 0.143 e. The first-order valence-corrected chi connectivity index (χ1v) is 21.8. The van der Waals surface area contributed by atoms with Gasteiger partial charge in [-0.3, -0.25) is 0 Å². The minimum absolute atomic E-state index is 0.0651. The van der Waals surface area contributed by atoms with E-state index in [2.05, 4.69) is 132 Å². The molecule has 3 aromatic carbocycles. The Balaban J connectivity index is 1.12. The van der Waals surface area contributed by atoms with Gasteiger partial charge in [-0.05, 0) is 115 Å². The van der Waals surface area contributed by atoms with Gasteiger partial charge in [-0.25, -0.2) is 0 Å². The highest BCUT2D eigenvalue weighted by Gasteiger charge is 2.66. The Labute approximate surface area is 338 Å². The van der Waals surface area contributed by atoms with Gasteiger partial charge in [0.25, 0.3) is 0 Å². The summed E-state index contributed by atoms with van der Waals surface area (Å²) in [4.78, 5) is 0. The Morgan fingerprint density at radius 1 is 0.696 bits per heavy atom. The quantitative estimate of drug-likeness (QED) is 0.0736. The zero-order chi connectivity index (χ0) is 39.2. The van der Waals surface area contributed by atoms with Crippen LogP contribution in [-0.4, -0.2) is 44.7 Å². The highest BCUT2D eigenvalue weighted by molar-refractivity contribution is 5.47. The number of ether oxygens (including phenoxy) is 4. The van der Waals surface area contributed by atoms with Gasteiger partial charge in [0, 0.05) is 12.0 Å². The molecule has 56 heavy (non-hydrogen) atoms. The van der Waals surface area contributed by atoms with E-state index in [4.69, 9.17) is 18.9 Å². The Bertz CT molecular complexity index is 1610. The molecular formula is C52H68O4. The van der Waals surface area contributed by atoms with E-state index in [-0.39, 0.29) is 23.0 Å². The van der Waals surface area contributed by atoms with Gasteiger partial charge in [0.05, 0.1) is 38.1 Å². The Morgan fingerprint density at radius 3 is 1.86 bits per heavy atom. The van der Waals surface area contributed by atoms with E-state index in [1.165, 1.54) is 19.3 Å². The second-order valence-corrected chi connectivity index (χ2v) is 18.1. The Hall–Kier alpha value is -3.28. The van der Waals surface area contributed by atoms with Crippen LogP contribution in [0.1, 0.15) is 95.2 Å². The molecule has 0 aliphatic heterocycles. The summed E-state index contributed by atoms with van der Waals surface area (Å²) in [6.45, 7) is 22.3. The molecule has 7 rings (SSSR count). The molecule has 4 aliphatic carbocycles. The minimum Gasteiger partial charge on any atom is -0.374 e. The van der Waals surface area contributed by atoms with Crippen LogP contribution >= 0.6 is 0 Å². The molecule has 0 unspecified atom stereocenters. The van der Waals surface area contributed by atoms with Gasteiger partial charge >= 0.3 is 0 Å². The normalized spacial score (nSPS) is 33.1. The van der Waals surface area contributed by atoms with Crippen LogP contribution in [-0.2, 0) is 24.5 Å². The lowest BCUT2D eigenvalue weighted by molar-refractivity contribution is -0.224. The minimum atomic E-state index is -0.689. The van der Waals surface area contributed by atoms with E-state index in [1.807, 2.05) is 18.2 Å². The molecule has 0 saturated heterocycles. The van der Waals surface area contributed by atoms with Crippen molar-refractivity contribution in [2.45, 2.75) is 102 Å². The summed E-state index contributed by atoms with van der Waals surface area (Å²) in [6.07, 6.45) is 16.8. The number of benzene rings is 3. The van der Waals surface area contributed by atoms with Crippen molar-refractivity contribution in [3.63, 3.8) is 0 Å². The molecule has 4 aliphatic rings. The zero-order valence-corrected chi connectivity index (χ0v) is 34.5. The summed E-state index contributed by atoms with van der Waals surface area (Å²) in [7, 11) is 0. The molecule has 0 N–H and O–H groups in total. The molecule has 4 heteroatoms. The van der Waals surface area contributed by atoms with E-state index in [9.17, 15) is 0 Å². The first-order valence-electron chi connectivity index (χ1n) is 21.8. The number of hydrogen-bond donors (Lipinski definition) is 0. The fourth-order valence-corrected chi connectivity index (χ4v) is 12.8. The summed E-state index contributed by atoms with van der Waals surface area (Å²) < 4.78 is 27.4. The predicted molar refractivity (Wildman–Crippen MR) is 229 cm³/mol. The van der Waals surface area contributed by atoms with Crippen LogP contribution in [0.2, 0.25) is 0 Å². The molecule has 0 heterocycles. The first kappa shape index (κ1) is 40.9. The first-order chi connectivity index (χ1) is 27.3. The summed E-state index contributed by atoms with van der Waals surface area (Å²) in [5, 5.41) is 0. The van der Waals surface area contributed by atoms with Crippen LogP contribution < -0.4 is 0 Å². The summed E-state index contributed by atoms with van der Waals surface area (Å²) in [6, 6.07) is 32.3. The maximum atomic E-state index is 7.25. The van der Waals surface area contributed by atoms with Gasteiger partial charge in [-0.2, -0.15) is 0 Å². The van der Waals surface area contributed by atoms with Gasteiger partial charge in [-0.15, -0.1) is 19.7 Å². The second-order valence-electron chi connectivity index (χ2n) is 18.1. The van der Waals surface area contributed by atoms with Crippen molar-refractivity contribution in [3.8, 4) is 0 Å². The summed E-state index contributed by atoms with van der Waals surface area (Å²) in [5.41, 5.74) is 3.11. The summed E-state index contributed by atoms with van der Waals surface area (Å²) >= 11 is 0. The third-order valence-corrected chi connectivity index (χ3v) is 15.4. The number of fused-ring (bicyclic) bond motifs is 5. The zero-order valence-electron chi connectivity index (χ0n) is 34.5. The molecule has 4 nitrogen and oxygen atoms in total. The molecule has 0 radical (unpaired) electrons. The lowest BCUT2D eigenvalue weighted by Crippen LogP contribution is -2.63. The summed E-state index contributed by atoms with van der Waals surface area (Å²) in [5.74, 6) is 3.34. The van der Waals surface area contributed by atoms with Crippen LogP contribution in [0.4, 0.5) is 0 Å². The topological polar surface area (TPSA) is 36.9 Å². The third-order valence-electron chi connectivity index (χ3n) is 15.4. The predicted octanol–water partition coefficient (Wildman–Crippen LogP) is 12.0. The third kappa shape index (κ3) is 7.69. The van der Waals surface area contributed by atoms with Crippen LogP contribution in [0.3, 0.4) is 0 Å². The fourth-order valence-electron chi connectivity index (χ4n) is 12.8. The number of rotatable bonds is 18. The molecule has 3 aromatic rings. The molecule has 4 fully saturated rings. The van der Waals surface area contributed by atoms with E-state index in [0.717, 1.165) is 55.2 Å². The smallest absolute Gasteiger partial charge is 0.143 e. The molecule has 0 aromatic heterocycles. The van der Waals surface area contributed by atoms with Crippen molar-refractivity contribution >= 4 is 0 Å². The van der Waals surface area contributed by atoms with E-state index >= 15 is 0 Å². The van der Waals surface area contributed by atoms with Crippen LogP contribution in [0.15, 0.2) is 129 Å². The molecule has 11 atom stereocenters. The lowest BCUT2D eigenvalue weighted by atomic mass is 9.43. The van der Waals surface area contributed by atoms with Crippen molar-refractivity contribution in [1.82, 2.24) is 0 Å². The van der Waals surface area contributed by atoms with Crippen molar-refractivity contribution in [1.29, 1.82) is 0 Å². The number of hydrogen-bond acceptors (Lipinski definition) is 4. The SMILES string of the molecule is C=CCO[C@@H]1CC[C@@]2(C)[C@@H](C1)C[C@@H](OCC=C)[C@@H]1[C@@H]2C[C@H](OCC=C)[C@]2(C)[C@@H]([C@H](C)CCCOC(c3ccccc3)(c3ccccc3)c3ccccc3)CC[C@@H]12. The van der Waals surface area contributed by atoms with Crippen molar-refractivity contribution < 1.29 is 18.9 Å². The fraction of sp³-hybridized carbons (Fsp3) is 0.538. The van der Waals surface area contributed by atoms with Crippen molar-refractivity contribution in [2.24, 2.45) is 46.3 Å². The molecule has 0 amide bonds. The molecule has 4 saturated carbocycles. The van der Waals surface area contributed by atoms with Crippen LogP contribution in [0.25, 0.3) is 0 Å². The van der Waals surface area contributed by atoms with Gasteiger partial charge < -0.3 is 18.9 Å². The standard InChI is InChI=1S/C52H68O4/c1-7-31-53-43-29-30-50(5)42(35-43)36-47(54-32-8-2)49-45-28-27-44(51(45,6)48(37-46(49)50)55-33-9-3)38(4)20-19-34-56-52(39-21-13-10-14-22-39,40-23-15-11-16-24-40)41-25-17-12-18-26-41/h7-18,21-26,38,42-49H,1-3,19-20,27-37H2,4-6H3/t38-,42+,43-,44-,45+,46+,47-,48+,49+,50+,51-/m1/s1. The maximum absolute atomic E-state index is 7.25. The van der Waals surface area contributed by atoms with Crippen LogP contribution in [0.5, 0.6) is 0 Å². The van der Waals surface area contributed by atoms with Gasteiger partial charge in [0.2, 0.25) is 0 Å². The molecule has 300 valence electrons.